The van der Waals surface area contributed by atoms with E-state index in [1.807, 2.05) is 0 Å². The molecule has 0 radical (unpaired) electrons. The van der Waals surface area contributed by atoms with E-state index in [0.717, 1.165) is 24.3 Å². The summed E-state index contributed by atoms with van der Waals surface area (Å²) in [7, 11) is -3.70. The van der Waals surface area contributed by atoms with Crippen molar-refractivity contribution in [3.05, 3.63) is 72.3 Å². The van der Waals surface area contributed by atoms with Gasteiger partial charge in [0, 0.05) is 17.8 Å². The summed E-state index contributed by atoms with van der Waals surface area (Å²) in [5.74, 6) is -0.576. The Bertz CT molecular complexity index is 890. The Morgan fingerprint density at radius 3 is 2.12 bits per heavy atom. The van der Waals surface area contributed by atoms with Crippen LogP contribution in [-0.4, -0.2) is 20.9 Å². The lowest BCUT2D eigenvalue weighted by Gasteiger charge is -2.09. The van der Waals surface area contributed by atoms with E-state index in [1.54, 1.807) is 0 Å². The third-order valence-corrected chi connectivity index (χ3v) is 4.75. The summed E-state index contributed by atoms with van der Waals surface area (Å²) in [6, 6.07) is 9.12. The number of carbonyl (C=O) groups is 1. The lowest BCUT2D eigenvalue weighted by atomic mass is 10.2. The average molecular weight is 384 g/mol. The van der Waals surface area contributed by atoms with Gasteiger partial charge in [-0.3, -0.25) is 4.79 Å². The lowest BCUT2D eigenvalue weighted by molar-refractivity contribution is -0.137. The minimum atomic E-state index is -4.45. The van der Waals surface area contributed by atoms with Crippen molar-refractivity contribution in [3.8, 4) is 0 Å². The summed E-state index contributed by atoms with van der Waals surface area (Å²) in [6.45, 7) is 3.48. The van der Waals surface area contributed by atoms with Crippen LogP contribution >= 0.6 is 0 Å². The van der Waals surface area contributed by atoms with Crippen LogP contribution in [0.1, 0.15) is 15.9 Å². The molecule has 2 N–H and O–H groups in total. The maximum atomic E-state index is 12.5. The highest BCUT2D eigenvalue weighted by atomic mass is 32.2. The number of carbonyl (C=O) groups excluding carboxylic acids is 1. The number of hydrogen-bond acceptors (Lipinski definition) is 3. The standard InChI is InChI=1S/C17H15F3N2O3S/c1-2-11-21-26(24,25)15-9-3-12(4-10-15)16(23)22-14-7-5-13(6-8-14)17(18,19)20/h2-10,21H,1,11H2,(H,22,23). The number of amides is 1. The molecule has 0 spiro atoms. The molecular formula is C17H15F3N2O3S. The maximum absolute atomic E-state index is 12.5. The van der Waals surface area contributed by atoms with E-state index in [1.165, 1.54) is 30.3 Å². The van der Waals surface area contributed by atoms with Crippen LogP contribution in [0.2, 0.25) is 0 Å². The number of nitrogens with one attached hydrogen (secondary N) is 2. The lowest BCUT2D eigenvalue weighted by Crippen LogP contribution is -2.23. The number of anilines is 1. The second-order valence-electron chi connectivity index (χ2n) is 5.19. The summed E-state index contributed by atoms with van der Waals surface area (Å²) >= 11 is 0. The van der Waals surface area contributed by atoms with Crippen LogP contribution in [0.25, 0.3) is 0 Å². The molecule has 138 valence electrons. The van der Waals surface area contributed by atoms with Crippen LogP contribution in [0.15, 0.2) is 66.1 Å². The highest BCUT2D eigenvalue weighted by Crippen LogP contribution is 2.29. The van der Waals surface area contributed by atoms with E-state index >= 15 is 0 Å². The Morgan fingerprint density at radius 2 is 1.62 bits per heavy atom. The number of alkyl halides is 3. The van der Waals surface area contributed by atoms with E-state index in [9.17, 15) is 26.4 Å². The van der Waals surface area contributed by atoms with Gasteiger partial charge in [-0.15, -0.1) is 6.58 Å². The predicted molar refractivity (Wildman–Crippen MR) is 91.2 cm³/mol. The van der Waals surface area contributed by atoms with Gasteiger partial charge in [0.2, 0.25) is 10.0 Å². The molecule has 26 heavy (non-hydrogen) atoms. The Labute approximate surface area is 148 Å². The molecule has 0 atom stereocenters. The molecule has 0 saturated heterocycles. The van der Waals surface area contributed by atoms with Crippen molar-refractivity contribution >= 4 is 21.6 Å². The van der Waals surface area contributed by atoms with Crippen LogP contribution in [0.5, 0.6) is 0 Å². The molecule has 2 aromatic rings. The number of sulfonamides is 1. The summed E-state index contributed by atoms with van der Waals surface area (Å²) in [6.07, 6.45) is -3.06. The van der Waals surface area contributed by atoms with Crippen molar-refractivity contribution < 1.29 is 26.4 Å². The van der Waals surface area contributed by atoms with Crippen LogP contribution in [0.4, 0.5) is 18.9 Å². The SMILES string of the molecule is C=CCNS(=O)(=O)c1ccc(C(=O)Nc2ccc(C(F)(F)F)cc2)cc1. The van der Waals surface area contributed by atoms with E-state index in [0.29, 0.717) is 0 Å². The fourth-order valence-corrected chi connectivity index (χ4v) is 2.98. The van der Waals surface area contributed by atoms with Gasteiger partial charge in [0.05, 0.1) is 10.5 Å². The number of rotatable bonds is 6. The van der Waals surface area contributed by atoms with Crippen molar-refractivity contribution in [1.82, 2.24) is 4.72 Å². The molecule has 0 bridgehead atoms. The minimum absolute atomic E-state index is 0.0227. The van der Waals surface area contributed by atoms with Gasteiger partial charge in [0.1, 0.15) is 0 Å². The average Bonchev–Trinajstić information content (AvgIpc) is 2.60. The van der Waals surface area contributed by atoms with Gasteiger partial charge in [-0.2, -0.15) is 13.2 Å². The normalized spacial score (nSPS) is 11.8. The molecule has 0 aliphatic carbocycles. The monoisotopic (exact) mass is 384 g/mol. The van der Waals surface area contributed by atoms with Crippen LogP contribution < -0.4 is 10.0 Å². The molecule has 0 heterocycles. The topological polar surface area (TPSA) is 75.3 Å². The molecule has 5 nitrogen and oxygen atoms in total. The quantitative estimate of drug-likeness (QED) is 0.750. The smallest absolute Gasteiger partial charge is 0.322 e. The zero-order chi connectivity index (χ0) is 19.4. The highest BCUT2D eigenvalue weighted by molar-refractivity contribution is 7.89. The van der Waals surface area contributed by atoms with Crippen molar-refractivity contribution in [2.75, 3.05) is 11.9 Å². The van der Waals surface area contributed by atoms with Crippen LogP contribution in [0, 0.1) is 0 Å². The second-order valence-corrected chi connectivity index (χ2v) is 6.96. The van der Waals surface area contributed by atoms with Crippen LogP contribution in [0.3, 0.4) is 0 Å². The molecule has 2 aromatic carbocycles. The Morgan fingerprint density at radius 1 is 1.04 bits per heavy atom. The second kappa shape index (κ2) is 7.71. The van der Waals surface area contributed by atoms with Gasteiger partial charge >= 0.3 is 6.18 Å². The van der Waals surface area contributed by atoms with Crippen molar-refractivity contribution in [3.63, 3.8) is 0 Å². The predicted octanol–water partition coefficient (Wildman–Crippen LogP) is 3.42. The molecule has 0 aliphatic rings. The zero-order valence-electron chi connectivity index (χ0n) is 13.4. The van der Waals surface area contributed by atoms with Gasteiger partial charge in [-0.05, 0) is 48.5 Å². The van der Waals surface area contributed by atoms with Crippen molar-refractivity contribution in [2.24, 2.45) is 0 Å². The van der Waals surface area contributed by atoms with Crippen molar-refractivity contribution in [2.45, 2.75) is 11.1 Å². The van der Waals surface area contributed by atoms with Gasteiger partial charge < -0.3 is 5.32 Å². The summed E-state index contributed by atoms with van der Waals surface area (Å²) in [5, 5.41) is 2.44. The summed E-state index contributed by atoms with van der Waals surface area (Å²) in [5.41, 5.74) is -0.475. The molecule has 9 heteroatoms. The number of hydrogen-bond donors (Lipinski definition) is 2. The first-order valence-electron chi connectivity index (χ1n) is 7.33. The molecule has 1 amide bonds. The van der Waals surface area contributed by atoms with Gasteiger partial charge in [-0.1, -0.05) is 6.08 Å². The summed E-state index contributed by atoms with van der Waals surface area (Å²) in [4.78, 5) is 12.1. The molecule has 2 rings (SSSR count). The van der Waals surface area contributed by atoms with Crippen LogP contribution in [-0.2, 0) is 16.2 Å². The fourth-order valence-electron chi connectivity index (χ4n) is 1.98. The van der Waals surface area contributed by atoms with Gasteiger partial charge in [0.15, 0.2) is 0 Å². The van der Waals surface area contributed by atoms with Crippen molar-refractivity contribution in [1.29, 1.82) is 0 Å². The summed E-state index contributed by atoms with van der Waals surface area (Å²) < 4.78 is 63.7. The maximum Gasteiger partial charge on any atom is 0.416 e. The first-order chi connectivity index (χ1) is 12.1. The Balaban J connectivity index is 2.09. The molecule has 0 aliphatic heterocycles. The van der Waals surface area contributed by atoms with E-state index < -0.39 is 27.7 Å². The first-order valence-corrected chi connectivity index (χ1v) is 8.81. The van der Waals surface area contributed by atoms with Gasteiger partial charge in [-0.25, -0.2) is 13.1 Å². The molecular weight excluding hydrogens is 369 g/mol. The largest absolute Gasteiger partial charge is 0.416 e. The molecule has 0 aromatic heterocycles. The van der Waals surface area contributed by atoms with Gasteiger partial charge in [0.25, 0.3) is 5.91 Å². The third-order valence-electron chi connectivity index (χ3n) is 3.31. The molecule has 0 unspecified atom stereocenters. The van der Waals surface area contributed by atoms with E-state index in [-0.39, 0.29) is 22.7 Å². The number of halogens is 3. The molecule has 0 saturated carbocycles. The number of benzene rings is 2. The minimum Gasteiger partial charge on any atom is -0.322 e. The fraction of sp³-hybridized carbons (Fsp3) is 0.118. The van der Waals surface area contributed by atoms with E-state index in [2.05, 4.69) is 16.6 Å². The zero-order valence-corrected chi connectivity index (χ0v) is 14.2. The molecule has 0 fully saturated rings. The Kier molecular flexibility index (Phi) is 5.83. The highest BCUT2D eigenvalue weighted by Gasteiger charge is 2.30. The third kappa shape index (κ3) is 4.93. The van der Waals surface area contributed by atoms with E-state index in [4.69, 9.17) is 0 Å². The Hall–Kier alpha value is -2.65. The first kappa shape index (κ1) is 19.7.